The van der Waals surface area contributed by atoms with Crippen molar-refractivity contribution in [1.82, 2.24) is 0 Å². The zero-order valence-electron chi connectivity index (χ0n) is 6.00. The first-order chi connectivity index (χ1) is 5.61. The molecular formula is C8H6ClFO2. The molecular weight excluding hydrogens is 183 g/mol. The minimum absolute atomic E-state index is 0.162. The third kappa shape index (κ3) is 2.03. The molecule has 1 atom stereocenters. The second-order valence-electron chi connectivity index (χ2n) is 2.26. The van der Waals surface area contributed by atoms with E-state index in [4.69, 9.17) is 16.7 Å². The summed E-state index contributed by atoms with van der Waals surface area (Å²) < 4.78 is 12.5. The summed E-state index contributed by atoms with van der Waals surface area (Å²) in [5.74, 6) is -0.510. The lowest BCUT2D eigenvalue weighted by atomic mass is 10.1. The topological polar surface area (TPSA) is 37.3 Å². The van der Waals surface area contributed by atoms with Crippen molar-refractivity contribution in [1.29, 1.82) is 0 Å². The Morgan fingerprint density at radius 1 is 1.58 bits per heavy atom. The van der Waals surface area contributed by atoms with Crippen molar-refractivity contribution in [2.75, 3.05) is 0 Å². The summed E-state index contributed by atoms with van der Waals surface area (Å²) >= 11 is 5.00. The molecule has 0 saturated heterocycles. The summed E-state index contributed by atoms with van der Waals surface area (Å²) in [6.45, 7) is 0. The lowest BCUT2D eigenvalue weighted by molar-refractivity contribution is -0.119. The fourth-order valence-electron chi connectivity index (χ4n) is 0.808. The van der Waals surface area contributed by atoms with Crippen LogP contribution in [0.4, 0.5) is 4.39 Å². The van der Waals surface area contributed by atoms with Crippen molar-refractivity contribution in [3.8, 4) is 0 Å². The molecule has 0 fully saturated rings. The number of benzene rings is 1. The quantitative estimate of drug-likeness (QED) is 0.717. The molecule has 4 heteroatoms. The van der Waals surface area contributed by atoms with E-state index in [2.05, 4.69) is 0 Å². The normalized spacial score (nSPS) is 12.6. The van der Waals surface area contributed by atoms with Crippen molar-refractivity contribution in [2.24, 2.45) is 0 Å². The number of rotatable bonds is 2. The van der Waals surface area contributed by atoms with Gasteiger partial charge >= 0.3 is 0 Å². The summed E-state index contributed by atoms with van der Waals surface area (Å²) in [5.41, 5.74) is 0.162. The molecule has 0 aliphatic heterocycles. The fraction of sp³-hybridized carbons (Fsp3) is 0.125. The van der Waals surface area contributed by atoms with Crippen LogP contribution in [0.2, 0.25) is 0 Å². The van der Waals surface area contributed by atoms with Gasteiger partial charge < -0.3 is 5.11 Å². The Morgan fingerprint density at radius 3 is 2.75 bits per heavy atom. The zero-order valence-corrected chi connectivity index (χ0v) is 6.75. The standard InChI is InChI=1S/C8H6ClFO2/c9-8(12)7(11)5-2-1-3-6(10)4-5/h1-4,7,11H/t7-/m1/s1. The second kappa shape index (κ2) is 3.65. The highest BCUT2D eigenvalue weighted by Crippen LogP contribution is 2.15. The number of halogens is 2. The second-order valence-corrected chi connectivity index (χ2v) is 2.63. The number of carbonyl (C=O) groups excluding carboxylic acids is 1. The van der Waals surface area contributed by atoms with E-state index in [-0.39, 0.29) is 5.56 Å². The molecule has 0 spiro atoms. The molecule has 0 aliphatic rings. The Labute approximate surface area is 73.6 Å². The van der Waals surface area contributed by atoms with Crippen LogP contribution in [0, 0.1) is 5.82 Å². The van der Waals surface area contributed by atoms with Crippen LogP contribution in [-0.4, -0.2) is 10.3 Å². The molecule has 1 aromatic carbocycles. The Morgan fingerprint density at radius 2 is 2.25 bits per heavy atom. The van der Waals surface area contributed by atoms with Gasteiger partial charge in [0.25, 0.3) is 5.24 Å². The van der Waals surface area contributed by atoms with Crippen LogP contribution in [0.25, 0.3) is 0 Å². The van der Waals surface area contributed by atoms with E-state index in [1.807, 2.05) is 0 Å². The third-order valence-electron chi connectivity index (χ3n) is 1.38. The van der Waals surface area contributed by atoms with Crippen molar-refractivity contribution >= 4 is 16.8 Å². The summed E-state index contributed by atoms with van der Waals surface area (Å²) in [6, 6.07) is 5.10. The van der Waals surface area contributed by atoms with Crippen LogP contribution >= 0.6 is 11.6 Å². The zero-order chi connectivity index (χ0) is 9.14. The molecule has 0 heterocycles. The average Bonchev–Trinajstić information content (AvgIpc) is 2.03. The predicted molar refractivity (Wildman–Crippen MR) is 42.2 cm³/mol. The van der Waals surface area contributed by atoms with Crippen LogP contribution in [0.1, 0.15) is 11.7 Å². The Bertz CT molecular complexity index is 301. The SMILES string of the molecule is O=C(Cl)[C@H](O)c1cccc(F)c1. The highest BCUT2D eigenvalue weighted by Gasteiger charge is 2.14. The number of aliphatic hydroxyl groups excluding tert-OH is 1. The van der Waals surface area contributed by atoms with Crippen molar-refractivity contribution in [3.05, 3.63) is 35.6 Å². The van der Waals surface area contributed by atoms with Crippen LogP contribution in [0.15, 0.2) is 24.3 Å². The maximum Gasteiger partial charge on any atom is 0.254 e. The van der Waals surface area contributed by atoms with Gasteiger partial charge in [-0.15, -0.1) is 0 Å². The van der Waals surface area contributed by atoms with Gasteiger partial charge in [-0.05, 0) is 29.3 Å². The first kappa shape index (κ1) is 9.16. The van der Waals surface area contributed by atoms with Crippen molar-refractivity contribution in [2.45, 2.75) is 6.10 Å². The Hall–Kier alpha value is -0.930. The highest BCUT2D eigenvalue weighted by atomic mass is 35.5. The molecule has 1 aromatic rings. The van der Waals surface area contributed by atoms with E-state index in [1.165, 1.54) is 18.2 Å². The smallest absolute Gasteiger partial charge is 0.254 e. The maximum atomic E-state index is 12.5. The summed E-state index contributed by atoms with van der Waals surface area (Å²) in [7, 11) is 0. The van der Waals surface area contributed by atoms with Gasteiger partial charge in [0, 0.05) is 0 Å². The van der Waals surface area contributed by atoms with Crippen LogP contribution in [0.5, 0.6) is 0 Å². The van der Waals surface area contributed by atoms with Gasteiger partial charge in [0.2, 0.25) is 0 Å². The molecule has 1 N–H and O–H groups in total. The predicted octanol–water partition coefficient (Wildman–Crippen LogP) is 1.62. The molecule has 64 valence electrons. The maximum absolute atomic E-state index is 12.5. The monoisotopic (exact) mass is 188 g/mol. The Balaban J connectivity index is 2.95. The average molecular weight is 189 g/mol. The lowest BCUT2D eigenvalue weighted by Gasteiger charge is -2.04. The van der Waals surface area contributed by atoms with Gasteiger partial charge in [-0.3, -0.25) is 4.79 Å². The van der Waals surface area contributed by atoms with E-state index in [9.17, 15) is 9.18 Å². The number of hydrogen-bond donors (Lipinski definition) is 1. The van der Waals surface area contributed by atoms with Gasteiger partial charge in [-0.25, -0.2) is 4.39 Å². The van der Waals surface area contributed by atoms with Gasteiger partial charge in [-0.1, -0.05) is 12.1 Å². The van der Waals surface area contributed by atoms with Crippen LogP contribution in [-0.2, 0) is 4.79 Å². The van der Waals surface area contributed by atoms with E-state index in [0.717, 1.165) is 6.07 Å². The highest BCUT2D eigenvalue weighted by molar-refractivity contribution is 6.64. The largest absolute Gasteiger partial charge is 0.379 e. The van der Waals surface area contributed by atoms with Gasteiger partial charge in [0.1, 0.15) is 5.82 Å². The summed E-state index contributed by atoms with van der Waals surface area (Å²) in [4.78, 5) is 10.4. The molecule has 0 radical (unpaired) electrons. The molecule has 0 saturated carbocycles. The van der Waals surface area contributed by atoms with Gasteiger partial charge in [0.05, 0.1) is 0 Å². The van der Waals surface area contributed by atoms with E-state index < -0.39 is 17.2 Å². The molecule has 1 rings (SSSR count). The van der Waals surface area contributed by atoms with Crippen molar-refractivity contribution < 1.29 is 14.3 Å². The van der Waals surface area contributed by atoms with E-state index in [1.54, 1.807) is 0 Å². The molecule has 0 aliphatic carbocycles. The molecule has 12 heavy (non-hydrogen) atoms. The van der Waals surface area contributed by atoms with Crippen LogP contribution in [0.3, 0.4) is 0 Å². The number of aliphatic hydroxyl groups is 1. The van der Waals surface area contributed by atoms with Gasteiger partial charge in [0.15, 0.2) is 6.10 Å². The molecule has 0 aromatic heterocycles. The van der Waals surface area contributed by atoms with Gasteiger partial charge in [-0.2, -0.15) is 0 Å². The Kier molecular flexibility index (Phi) is 2.78. The summed E-state index contributed by atoms with van der Waals surface area (Å²) in [5, 5.41) is 8.16. The molecule has 2 nitrogen and oxygen atoms in total. The van der Waals surface area contributed by atoms with E-state index in [0.29, 0.717) is 0 Å². The first-order valence-corrected chi connectivity index (χ1v) is 3.62. The van der Waals surface area contributed by atoms with E-state index >= 15 is 0 Å². The van der Waals surface area contributed by atoms with Crippen LogP contribution < -0.4 is 0 Å². The summed E-state index contributed by atoms with van der Waals surface area (Å²) in [6.07, 6.45) is -1.44. The third-order valence-corrected chi connectivity index (χ3v) is 1.59. The lowest BCUT2D eigenvalue weighted by Crippen LogP contribution is -2.05. The molecule has 0 unspecified atom stereocenters. The minimum Gasteiger partial charge on any atom is -0.379 e. The number of carbonyl (C=O) groups is 1. The number of hydrogen-bond acceptors (Lipinski definition) is 2. The molecule has 0 bridgehead atoms. The first-order valence-electron chi connectivity index (χ1n) is 3.24. The minimum atomic E-state index is -1.44. The molecule has 0 amide bonds. The van der Waals surface area contributed by atoms with Crippen molar-refractivity contribution in [3.63, 3.8) is 0 Å². The fourth-order valence-corrected chi connectivity index (χ4v) is 0.934.